The van der Waals surface area contributed by atoms with E-state index >= 15 is 0 Å². The minimum Gasteiger partial charge on any atom is -0.393 e. The lowest BCUT2D eigenvalue weighted by Crippen LogP contribution is -2.47. The first-order valence-electron chi connectivity index (χ1n) is 5.31. The van der Waals surface area contributed by atoms with Gasteiger partial charge >= 0.3 is 0 Å². The van der Waals surface area contributed by atoms with E-state index in [1.54, 1.807) is 10.9 Å². The summed E-state index contributed by atoms with van der Waals surface area (Å²) in [6.07, 6.45) is 4.55. The molecule has 84 valence electrons. The third-order valence-corrected chi connectivity index (χ3v) is 2.71. The fourth-order valence-electron chi connectivity index (χ4n) is 1.75. The van der Waals surface area contributed by atoms with Gasteiger partial charge in [-0.25, -0.2) is 0 Å². The van der Waals surface area contributed by atoms with E-state index in [-0.39, 0.29) is 6.10 Å². The van der Waals surface area contributed by atoms with Gasteiger partial charge in [0.15, 0.2) is 0 Å². The second-order valence-electron chi connectivity index (χ2n) is 4.11. The van der Waals surface area contributed by atoms with Crippen molar-refractivity contribution in [2.24, 2.45) is 0 Å². The van der Waals surface area contributed by atoms with Crippen molar-refractivity contribution in [3.63, 3.8) is 0 Å². The Bertz CT molecular complexity index is 283. The fraction of sp³-hybridized carbons (Fsp3) is 0.700. The van der Waals surface area contributed by atoms with Crippen molar-refractivity contribution in [3.8, 4) is 0 Å². The first-order valence-corrected chi connectivity index (χ1v) is 5.31. The van der Waals surface area contributed by atoms with E-state index in [1.807, 2.05) is 12.3 Å². The second kappa shape index (κ2) is 4.74. The van der Waals surface area contributed by atoms with Crippen LogP contribution in [0.1, 0.15) is 12.8 Å². The van der Waals surface area contributed by atoms with E-state index in [0.29, 0.717) is 19.1 Å². The Morgan fingerprint density at radius 3 is 2.93 bits per heavy atom. The predicted molar refractivity (Wildman–Crippen MR) is 55.3 cm³/mol. The highest BCUT2D eigenvalue weighted by molar-refractivity contribution is 4.85. The maximum absolute atomic E-state index is 9.67. The van der Waals surface area contributed by atoms with E-state index in [2.05, 4.69) is 10.4 Å². The van der Waals surface area contributed by atoms with E-state index < -0.39 is 6.10 Å². The molecule has 1 aromatic rings. The van der Waals surface area contributed by atoms with Gasteiger partial charge in [0.05, 0.1) is 18.8 Å². The number of rotatable bonds is 5. The molecule has 0 amide bonds. The molecule has 0 saturated heterocycles. The molecule has 1 unspecified atom stereocenters. The Morgan fingerprint density at radius 1 is 1.53 bits per heavy atom. The SMILES string of the molecule is OC1CC(NCC(O)Cn2cccn2)C1. The third kappa shape index (κ3) is 3.02. The lowest BCUT2D eigenvalue weighted by atomic mass is 9.89. The van der Waals surface area contributed by atoms with Gasteiger partial charge in [-0.05, 0) is 18.9 Å². The standard InChI is InChI=1S/C10H17N3O2/c14-9-4-8(5-9)11-6-10(15)7-13-3-1-2-12-13/h1-3,8-11,14-15H,4-7H2. The van der Waals surface area contributed by atoms with Crippen molar-refractivity contribution in [2.75, 3.05) is 6.54 Å². The average molecular weight is 211 g/mol. The molecule has 1 saturated carbocycles. The van der Waals surface area contributed by atoms with Crippen LogP contribution in [0.4, 0.5) is 0 Å². The van der Waals surface area contributed by atoms with Crippen LogP contribution in [0.5, 0.6) is 0 Å². The van der Waals surface area contributed by atoms with Gasteiger partial charge in [0, 0.05) is 25.0 Å². The molecular formula is C10H17N3O2. The predicted octanol–water partition coefficient (Wildman–Crippen LogP) is -0.643. The summed E-state index contributed by atoms with van der Waals surface area (Å²) in [5.41, 5.74) is 0. The zero-order chi connectivity index (χ0) is 10.7. The zero-order valence-electron chi connectivity index (χ0n) is 8.58. The molecule has 0 aliphatic heterocycles. The molecule has 1 fully saturated rings. The van der Waals surface area contributed by atoms with Gasteiger partial charge in [0.1, 0.15) is 0 Å². The second-order valence-corrected chi connectivity index (χ2v) is 4.11. The third-order valence-electron chi connectivity index (χ3n) is 2.71. The zero-order valence-corrected chi connectivity index (χ0v) is 8.58. The van der Waals surface area contributed by atoms with Crippen LogP contribution in [0.15, 0.2) is 18.5 Å². The van der Waals surface area contributed by atoms with E-state index in [4.69, 9.17) is 5.11 Å². The molecular weight excluding hydrogens is 194 g/mol. The Labute approximate surface area is 88.7 Å². The molecule has 0 bridgehead atoms. The van der Waals surface area contributed by atoms with Crippen molar-refractivity contribution in [2.45, 2.75) is 37.6 Å². The number of aliphatic hydroxyl groups excluding tert-OH is 2. The van der Waals surface area contributed by atoms with Crippen molar-refractivity contribution >= 4 is 0 Å². The van der Waals surface area contributed by atoms with Crippen LogP contribution in [0.3, 0.4) is 0 Å². The van der Waals surface area contributed by atoms with Crippen LogP contribution in [-0.4, -0.2) is 44.8 Å². The molecule has 1 heterocycles. The van der Waals surface area contributed by atoms with Crippen LogP contribution in [0.25, 0.3) is 0 Å². The van der Waals surface area contributed by atoms with Crippen LogP contribution in [-0.2, 0) is 6.54 Å². The van der Waals surface area contributed by atoms with Gasteiger partial charge in [-0.2, -0.15) is 5.10 Å². The van der Waals surface area contributed by atoms with Gasteiger partial charge in [0.25, 0.3) is 0 Å². The molecule has 3 N–H and O–H groups in total. The summed E-state index contributed by atoms with van der Waals surface area (Å²) in [5, 5.41) is 26.0. The largest absolute Gasteiger partial charge is 0.393 e. The number of nitrogens with zero attached hydrogens (tertiary/aromatic N) is 2. The quantitative estimate of drug-likeness (QED) is 0.605. The minimum absolute atomic E-state index is 0.147. The normalized spacial score (nSPS) is 27.3. The molecule has 5 nitrogen and oxygen atoms in total. The van der Waals surface area contributed by atoms with E-state index in [0.717, 1.165) is 12.8 Å². The number of hydrogen-bond donors (Lipinski definition) is 3. The Kier molecular flexibility index (Phi) is 3.35. The Morgan fingerprint density at radius 2 is 2.33 bits per heavy atom. The molecule has 5 heteroatoms. The molecule has 1 aromatic heterocycles. The molecule has 2 rings (SSSR count). The summed E-state index contributed by atoms with van der Waals surface area (Å²) in [7, 11) is 0. The number of aliphatic hydroxyl groups is 2. The summed E-state index contributed by atoms with van der Waals surface area (Å²) >= 11 is 0. The summed E-state index contributed by atoms with van der Waals surface area (Å²) in [4.78, 5) is 0. The molecule has 1 aliphatic carbocycles. The number of aromatic nitrogens is 2. The number of nitrogens with one attached hydrogen (secondary N) is 1. The molecule has 0 aromatic carbocycles. The van der Waals surface area contributed by atoms with Crippen LogP contribution in [0.2, 0.25) is 0 Å². The lowest BCUT2D eigenvalue weighted by molar-refractivity contribution is 0.0531. The van der Waals surface area contributed by atoms with Crippen molar-refractivity contribution in [1.29, 1.82) is 0 Å². The highest BCUT2D eigenvalue weighted by Crippen LogP contribution is 2.18. The summed E-state index contributed by atoms with van der Waals surface area (Å²) in [5.74, 6) is 0. The van der Waals surface area contributed by atoms with Crippen LogP contribution >= 0.6 is 0 Å². The maximum atomic E-state index is 9.67. The van der Waals surface area contributed by atoms with Gasteiger partial charge in [0.2, 0.25) is 0 Å². The monoisotopic (exact) mass is 211 g/mol. The van der Waals surface area contributed by atoms with Crippen molar-refractivity contribution < 1.29 is 10.2 Å². The van der Waals surface area contributed by atoms with E-state index in [1.165, 1.54) is 0 Å². The Balaban J connectivity index is 1.62. The lowest BCUT2D eigenvalue weighted by Gasteiger charge is -2.32. The molecule has 1 aliphatic rings. The topological polar surface area (TPSA) is 70.3 Å². The van der Waals surface area contributed by atoms with Crippen LogP contribution < -0.4 is 5.32 Å². The average Bonchev–Trinajstić information content (AvgIpc) is 2.63. The number of hydrogen-bond acceptors (Lipinski definition) is 4. The highest BCUT2D eigenvalue weighted by atomic mass is 16.3. The molecule has 15 heavy (non-hydrogen) atoms. The van der Waals surface area contributed by atoms with Crippen molar-refractivity contribution in [1.82, 2.24) is 15.1 Å². The fourth-order valence-corrected chi connectivity index (χ4v) is 1.75. The smallest absolute Gasteiger partial charge is 0.0860 e. The van der Waals surface area contributed by atoms with Gasteiger partial charge in [-0.1, -0.05) is 0 Å². The summed E-state index contributed by atoms with van der Waals surface area (Å²) in [6, 6.07) is 2.20. The summed E-state index contributed by atoms with van der Waals surface area (Å²) < 4.78 is 1.71. The first-order chi connectivity index (χ1) is 7.24. The summed E-state index contributed by atoms with van der Waals surface area (Å²) in [6.45, 7) is 1.06. The first kappa shape index (κ1) is 10.6. The van der Waals surface area contributed by atoms with Crippen LogP contribution in [0, 0.1) is 0 Å². The minimum atomic E-state index is -0.428. The molecule has 0 radical (unpaired) electrons. The van der Waals surface area contributed by atoms with Gasteiger partial charge < -0.3 is 15.5 Å². The highest BCUT2D eigenvalue weighted by Gasteiger charge is 2.26. The molecule has 0 spiro atoms. The van der Waals surface area contributed by atoms with Gasteiger partial charge in [-0.3, -0.25) is 4.68 Å². The van der Waals surface area contributed by atoms with E-state index in [9.17, 15) is 5.11 Å². The maximum Gasteiger partial charge on any atom is 0.0860 e. The van der Waals surface area contributed by atoms with Crippen molar-refractivity contribution in [3.05, 3.63) is 18.5 Å². The molecule has 1 atom stereocenters. The van der Waals surface area contributed by atoms with Gasteiger partial charge in [-0.15, -0.1) is 0 Å². The Hall–Kier alpha value is -0.910.